The molecule has 0 saturated heterocycles. The molecule has 0 N–H and O–H groups in total. The van der Waals surface area contributed by atoms with Gasteiger partial charge in [-0.25, -0.2) is 4.79 Å². The van der Waals surface area contributed by atoms with E-state index in [0.29, 0.717) is 5.57 Å². The van der Waals surface area contributed by atoms with E-state index >= 15 is 0 Å². The van der Waals surface area contributed by atoms with Gasteiger partial charge in [0, 0.05) is 5.57 Å². The average molecular weight is 222 g/mol. The predicted molar refractivity (Wildman–Crippen MR) is 64.0 cm³/mol. The van der Waals surface area contributed by atoms with Crippen LogP contribution in [0.3, 0.4) is 0 Å². The molecule has 90 valence electrons. The number of hydrogen-bond donors (Lipinski definition) is 0. The number of carbonyl (C=O) groups is 1. The van der Waals surface area contributed by atoms with Crippen molar-refractivity contribution >= 4 is 5.97 Å². The fourth-order valence-corrected chi connectivity index (χ4v) is 2.85. The first-order valence-electron chi connectivity index (χ1n) is 6.25. The highest BCUT2D eigenvalue weighted by Crippen LogP contribution is 2.50. The van der Waals surface area contributed by atoms with Crippen LogP contribution in [0.1, 0.15) is 52.9 Å². The second-order valence-electron chi connectivity index (χ2n) is 6.45. The molecule has 2 saturated carbocycles. The Morgan fingerprint density at radius 2 is 1.88 bits per heavy atom. The number of carbonyl (C=O) groups excluding carboxylic acids is 1. The number of esters is 1. The lowest BCUT2D eigenvalue weighted by atomic mass is 9.87. The molecule has 2 aliphatic carbocycles. The van der Waals surface area contributed by atoms with Crippen molar-refractivity contribution < 1.29 is 9.53 Å². The van der Waals surface area contributed by atoms with Gasteiger partial charge in [-0.15, -0.1) is 0 Å². The van der Waals surface area contributed by atoms with Crippen LogP contribution in [0.25, 0.3) is 0 Å². The van der Waals surface area contributed by atoms with Crippen molar-refractivity contribution in [1.29, 1.82) is 0 Å². The predicted octanol–water partition coefficient (Wildman–Crippen LogP) is 3.46. The smallest absolute Gasteiger partial charge is 0.334 e. The maximum Gasteiger partial charge on any atom is 0.334 e. The van der Waals surface area contributed by atoms with Crippen LogP contribution in [-0.4, -0.2) is 11.6 Å². The fourth-order valence-electron chi connectivity index (χ4n) is 2.85. The molecule has 0 amide bonds. The van der Waals surface area contributed by atoms with Gasteiger partial charge < -0.3 is 4.74 Å². The van der Waals surface area contributed by atoms with E-state index < -0.39 is 0 Å². The molecule has 2 aliphatic rings. The van der Waals surface area contributed by atoms with Crippen LogP contribution in [0.15, 0.2) is 12.2 Å². The van der Waals surface area contributed by atoms with Gasteiger partial charge in [-0.05, 0) is 43.4 Å². The van der Waals surface area contributed by atoms with Crippen molar-refractivity contribution in [2.75, 3.05) is 0 Å². The van der Waals surface area contributed by atoms with E-state index in [1.807, 2.05) is 20.8 Å². The molecule has 0 aliphatic heterocycles. The van der Waals surface area contributed by atoms with E-state index in [9.17, 15) is 4.79 Å². The van der Waals surface area contributed by atoms with Gasteiger partial charge in [-0.2, -0.15) is 0 Å². The zero-order valence-corrected chi connectivity index (χ0v) is 10.6. The van der Waals surface area contributed by atoms with Crippen LogP contribution >= 0.6 is 0 Å². The second-order valence-corrected chi connectivity index (χ2v) is 6.45. The van der Waals surface area contributed by atoms with Crippen LogP contribution < -0.4 is 0 Å². The van der Waals surface area contributed by atoms with Crippen LogP contribution in [0.2, 0.25) is 0 Å². The van der Waals surface area contributed by atoms with Crippen molar-refractivity contribution in [1.82, 2.24) is 0 Å². The van der Waals surface area contributed by atoms with Gasteiger partial charge in [0.25, 0.3) is 0 Å². The number of rotatable bonds is 2. The Morgan fingerprint density at radius 3 is 2.25 bits per heavy atom. The lowest BCUT2D eigenvalue weighted by Gasteiger charge is -2.29. The molecule has 2 heteroatoms. The lowest BCUT2D eigenvalue weighted by Crippen LogP contribution is -2.32. The minimum absolute atomic E-state index is 0.129. The molecule has 2 rings (SSSR count). The SMILES string of the molecule is C=C(C(=O)OC12CCC(CC1)C2)C(C)(C)C. The highest BCUT2D eigenvalue weighted by Gasteiger charge is 2.48. The maximum atomic E-state index is 12.0. The summed E-state index contributed by atoms with van der Waals surface area (Å²) in [5, 5.41) is 0. The van der Waals surface area contributed by atoms with Crippen molar-refractivity contribution in [2.24, 2.45) is 11.3 Å². The van der Waals surface area contributed by atoms with Crippen LogP contribution in [0.4, 0.5) is 0 Å². The molecule has 2 fully saturated rings. The van der Waals surface area contributed by atoms with Gasteiger partial charge in [0.15, 0.2) is 0 Å². The Morgan fingerprint density at radius 1 is 1.31 bits per heavy atom. The zero-order valence-electron chi connectivity index (χ0n) is 10.6. The standard InChI is InChI=1S/C14H22O2/c1-10(13(2,3)4)12(15)16-14-7-5-11(9-14)6-8-14/h11H,1,5-9H2,2-4H3. The van der Waals surface area contributed by atoms with Crippen LogP contribution in [0.5, 0.6) is 0 Å². The number of ether oxygens (including phenoxy) is 1. The van der Waals surface area contributed by atoms with E-state index in [1.165, 1.54) is 12.8 Å². The van der Waals surface area contributed by atoms with E-state index in [1.54, 1.807) is 0 Å². The lowest BCUT2D eigenvalue weighted by molar-refractivity contribution is -0.155. The third-order valence-electron chi connectivity index (χ3n) is 4.14. The Bertz CT molecular complexity index is 314. The van der Waals surface area contributed by atoms with E-state index in [2.05, 4.69) is 6.58 Å². The minimum atomic E-state index is -0.190. The van der Waals surface area contributed by atoms with Crippen LogP contribution in [-0.2, 0) is 9.53 Å². The van der Waals surface area contributed by atoms with Gasteiger partial charge in [-0.1, -0.05) is 27.4 Å². The van der Waals surface area contributed by atoms with Crippen LogP contribution in [0, 0.1) is 11.3 Å². The van der Waals surface area contributed by atoms with Gasteiger partial charge in [0.2, 0.25) is 0 Å². The summed E-state index contributed by atoms with van der Waals surface area (Å²) in [5.74, 6) is 0.616. The van der Waals surface area contributed by atoms with Crippen molar-refractivity contribution in [3.05, 3.63) is 12.2 Å². The Balaban J connectivity index is 2.00. The first-order chi connectivity index (χ1) is 7.32. The largest absolute Gasteiger partial charge is 0.456 e. The summed E-state index contributed by atoms with van der Waals surface area (Å²) in [6.07, 6.45) is 5.66. The molecule has 2 bridgehead atoms. The highest BCUT2D eigenvalue weighted by atomic mass is 16.6. The molecule has 0 aromatic heterocycles. The van der Waals surface area contributed by atoms with Gasteiger partial charge in [0.1, 0.15) is 5.60 Å². The molecule has 0 atom stereocenters. The molecular weight excluding hydrogens is 200 g/mol. The molecular formula is C14H22O2. The van der Waals surface area contributed by atoms with Gasteiger partial charge in [-0.3, -0.25) is 0 Å². The fraction of sp³-hybridized carbons (Fsp3) is 0.786. The molecule has 2 nitrogen and oxygen atoms in total. The third kappa shape index (κ3) is 2.02. The third-order valence-corrected chi connectivity index (χ3v) is 4.14. The molecule has 0 heterocycles. The first kappa shape index (κ1) is 11.7. The summed E-state index contributed by atoms with van der Waals surface area (Å²) in [4.78, 5) is 12.0. The monoisotopic (exact) mass is 222 g/mol. The normalized spacial score (nSPS) is 32.8. The Labute approximate surface area is 98.1 Å². The quantitative estimate of drug-likeness (QED) is 0.528. The summed E-state index contributed by atoms with van der Waals surface area (Å²) in [6.45, 7) is 9.87. The summed E-state index contributed by atoms with van der Waals surface area (Å²) >= 11 is 0. The van der Waals surface area contributed by atoms with Crippen molar-refractivity contribution in [3.63, 3.8) is 0 Å². The second kappa shape index (κ2) is 3.61. The van der Waals surface area contributed by atoms with E-state index in [4.69, 9.17) is 4.74 Å². The summed E-state index contributed by atoms with van der Waals surface area (Å²) in [5.41, 5.74) is 0.275. The number of hydrogen-bond acceptors (Lipinski definition) is 2. The first-order valence-corrected chi connectivity index (χ1v) is 6.25. The van der Waals surface area contributed by atoms with E-state index in [0.717, 1.165) is 25.2 Å². The molecule has 0 spiro atoms. The zero-order chi connectivity index (χ0) is 12.0. The van der Waals surface area contributed by atoms with E-state index in [-0.39, 0.29) is 17.0 Å². The molecule has 0 aromatic carbocycles. The molecule has 0 unspecified atom stereocenters. The highest BCUT2D eigenvalue weighted by molar-refractivity contribution is 5.89. The molecule has 16 heavy (non-hydrogen) atoms. The minimum Gasteiger partial charge on any atom is -0.456 e. The summed E-state index contributed by atoms with van der Waals surface area (Å²) in [7, 11) is 0. The Hall–Kier alpha value is -0.790. The topological polar surface area (TPSA) is 26.3 Å². The van der Waals surface area contributed by atoms with Crippen molar-refractivity contribution in [3.8, 4) is 0 Å². The van der Waals surface area contributed by atoms with Gasteiger partial charge >= 0.3 is 5.97 Å². The molecule has 0 aromatic rings. The average Bonchev–Trinajstić information content (AvgIpc) is 2.74. The molecule has 0 radical (unpaired) electrons. The summed E-state index contributed by atoms with van der Waals surface area (Å²) in [6, 6.07) is 0. The maximum absolute atomic E-state index is 12.0. The summed E-state index contributed by atoms with van der Waals surface area (Å²) < 4.78 is 5.74. The number of fused-ring (bicyclic) bond motifs is 2. The Kier molecular flexibility index (Phi) is 2.64. The van der Waals surface area contributed by atoms with Crippen molar-refractivity contribution in [2.45, 2.75) is 58.5 Å². The van der Waals surface area contributed by atoms with Gasteiger partial charge in [0.05, 0.1) is 0 Å².